The molecule has 0 spiro atoms. The Morgan fingerprint density at radius 1 is 1.18 bits per heavy atom. The third-order valence-corrected chi connectivity index (χ3v) is 3.29. The summed E-state index contributed by atoms with van der Waals surface area (Å²) in [5.41, 5.74) is 1.56. The molecule has 2 aromatic rings. The molecule has 0 aliphatic carbocycles. The van der Waals surface area contributed by atoms with E-state index < -0.39 is 0 Å². The molecule has 0 aliphatic heterocycles. The van der Waals surface area contributed by atoms with Crippen molar-refractivity contribution in [1.29, 1.82) is 0 Å². The molecule has 0 fully saturated rings. The van der Waals surface area contributed by atoms with E-state index in [9.17, 15) is 4.79 Å². The van der Waals surface area contributed by atoms with Gasteiger partial charge in [0.2, 0.25) is 0 Å². The number of amides is 2. The average molecular weight is 302 g/mol. The van der Waals surface area contributed by atoms with Crippen molar-refractivity contribution in [2.75, 3.05) is 5.32 Å². The Labute approximate surface area is 130 Å². The molecule has 7 heteroatoms. The van der Waals surface area contributed by atoms with Gasteiger partial charge in [0, 0.05) is 11.7 Å². The Balaban J connectivity index is 1.84. The van der Waals surface area contributed by atoms with Crippen molar-refractivity contribution in [2.45, 2.75) is 39.7 Å². The minimum atomic E-state index is -0.188. The molecule has 2 rings (SSSR count). The highest BCUT2D eigenvalue weighted by atomic mass is 16.2. The molecule has 0 saturated heterocycles. The number of urea groups is 1. The molecule has 0 radical (unpaired) electrons. The van der Waals surface area contributed by atoms with Crippen LogP contribution in [0.4, 0.5) is 10.5 Å². The predicted molar refractivity (Wildman–Crippen MR) is 84.8 cm³/mol. The third-order valence-electron chi connectivity index (χ3n) is 3.29. The highest BCUT2D eigenvalue weighted by Gasteiger charge is 2.08. The summed E-state index contributed by atoms with van der Waals surface area (Å²) in [6.45, 7) is 6.38. The van der Waals surface area contributed by atoms with E-state index in [1.165, 1.54) is 6.33 Å². The SMILES string of the molecule is CC(C)CCC(C)NC(=O)Nc1ccc(-n2cnnn2)cc1. The van der Waals surface area contributed by atoms with E-state index in [2.05, 4.69) is 40.0 Å². The van der Waals surface area contributed by atoms with Crippen LogP contribution in [0.25, 0.3) is 5.69 Å². The topological polar surface area (TPSA) is 84.7 Å². The fourth-order valence-electron chi connectivity index (χ4n) is 2.02. The second-order valence-corrected chi connectivity index (χ2v) is 5.77. The Bertz CT molecular complexity index is 579. The zero-order valence-electron chi connectivity index (χ0n) is 13.2. The third kappa shape index (κ3) is 4.83. The first-order chi connectivity index (χ1) is 10.5. The van der Waals surface area contributed by atoms with Crippen molar-refractivity contribution in [3.05, 3.63) is 30.6 Å². The zero-order valence-corrected chi connectivity index (χ0v) is 13.2. The van der Waals surface area contributed by atoms with Crippen LogP contribution < -0.4 is 10.6 Å². The molecule has 118 valence electrons. The monoisotopic (exact) mass is 302 g/mol. The van der Waals surface area contributed by atoms with Gasteiger partial charge in [-0.1, -0.05) is 13.8 Å². The maximum absolute atomic E-state index is 11.9. The van der Waals surface area contributed by atoms with Crippen LogP contribution in [0.3, 0.4) is 0 Å². The molecule has 0 bridgehead atoms. The first kappa shape index (κ1) is 15.9. The van der Waals surface area contributed by atoms with Crippen LogP contribution in [-0.2, 0) is 0 Å². The fourth-order valence-corrected chi connectivity index (χ4v) is 2.02. The molecule has 1 atom stereocenters. The van der Waals surface area contributed by atoms with Crippen LogP contribution >= 0.6 is 0 Å². The summed E-state index contributed by atoms with van der Waals surface area (Å²) in [5.74, 6) is 0.645. The lowest BCUT2D eigenvalue weighted by Gasteiger charge is -2.15. The van der Waals surface area contributed by atoms with Crippen LogP contribution in [0.1, 0.15) is 33.6 Å². The quantitative estimate of drug-likeness (QED) is 0.859. The van der Waals surface area contributed by atoms with Gasteiger partial charge in [-0.2, -0.15) is 0 Å². The largest absolute Gasteiger partial charge is 0.335 e. The summed E-state index contributed by atoms with van der Waals surface area (Å²) < 4.78 is 1.55. The number of tetrazole rings is 1. The number of carbonyl (C=O) groups excluding carboxylic acids is 1. The van der Waals surface area contributed by atoms with Gasteiger partial charge < -0.3 is 10.6 Å². The van der Waals surface area contributed by atoms with Gasteiger partial charge in [0.15, 0.2) is 0 Å². The first-order valence-corrected chi connectivity index (χ1v) is 7.45. The molecule has 1 heterocycles. The van der Waals surface area contributed by atoms with Crippen LogP contribution in [0.5, 0.6) is 0 Å². The molecular formula is C15H22N6O. The number of hydrogen-bond acceptors (Lipinski definition) is 4. The van der Waals surface area contributed by atoms with Gasteiger partial charge in [0.25, 0.3) is 0 Å². The van der Waals surface area contributed by atoms with Gasteiger partial charge in [0.1, 0.15) is 6.33 Å². The summed E-state index contributed by atoms with van der Waals surface area (Å²) >= 11 is 0. The summed E-state index contributed by atoms with van der Waals surface area (Å²) in [6, 6.07) is 7.28. The van der Waals surface area contributed by atoms with Gasteiger partial charge in [0.05, 0.1) is 5.69 Å². The maximum Gasteiger partial charge on any atom is 0.319 e. The van der Waals surface area contributed by atoms with E-state index in [1.54, 1.807) is 4.68 Å². The van der Waals surface area contributed by atoms with Gasteiger partial charge in [-0.15, -0.1) is 5.10 Å². The lowest BCUT2D eigenvalue weighted by molar-refractivity contribution is 0.248. The van der Waals surface area contributed by atoms with Crippen LogP contribution in [0, 0.1) is 5.92 Å². The lowest BCUT2D eigenvalue weighted by atomic mass is 10.0. The molecule has 2 N–H and O–H groups in total. The molecule has 2 amide bonds. The number of carbonyl (C=O) groups is 1. The number of anilines is 1. The molecular weight excluding hydrogens is 280 g/mol. The van der Waals surface area contributed by atoms with Crippen molar-refractivity contribution in [2.24, 2.45) is 5.92 Å². The summed E-state index contributed by atoms with van der Waals surface area (Å²) in [5, 5.41) is 16.7. The molecule has 7 nitrogen and oxygen atoms in total. The number of benzene rings is 1. The lowest BCUT2D eigenvalue weighted by Crippen LogP contribution is -2.36. The number of hydrogen-bond donors (Lipinski definition) is 2. The number of rotatable bonds is 6. The number of aromatic nitrogens is 4. The van der Waals surface area contributed by atoms with E-state index in [4.69, 9.17) is 0 Å². The Morgan fingerprint density at radius 2 is 1.91 bits per heavy atom. The average Bonchev–Trinajstić information content (AvgIpc) is 3.00. The van der Waals surface area contributed by atoms with Crippen molar-refractivity contribution >= 4 is 11.7 Å². The predicted octanol–water partition coefficient (Wildman–Crippen LogP) is 2.61. The minimum Gasteiger partial charge on any atom is -0.335 e. The zero-order chi connectivity index (χ0) is 15.9. The van der Waals surface area contributed by atoms with Crippen LogP contribution in [-0.4, -0.2) is 32.3 Å². The second-order valence-electron chi connectivity index (χ2n) is 5.77. The van der Waals surface area contributed by atoms with E-state index >= 15 is 0 Å². The second kappa shape index (κ2) is 7.53. The van der Waals surface area contributed by atoms with Crippen molar-refractivity contribution in [3.8, 4) is 5.69 Å². The van der Waals surface area contributed by atoms with Crippen molar-refractivity contribution in [3.63, 3.8) is 0 Å². The maximum atomic E-state index is 11.9. The van der Waals surface area contributed by atoms with Crippen LogP contribution in [0.2, 0.25) is 0 Å². The van der Waals surface area contributed by atoms with Crippen molar-refractivity contribution < 1.29 is 4.79 Å². The molecule has 0 aliphatic rings. The smallest absolute Gasteiger partial charge is 0.319 e. The van der Waals surface area contributed by atoms with Gasteiger partial charge in [-0.3, -0.25) is 0 Å². The number of nitrogens with one attached hydrogen (secondary N) is 2. The van der Waals surface area contributed by atoms with Gasteiger partial charge in [-0.05, 0) is 60.4 Å². The first-order valence-electron chi connectivity index (χ1n) is 7.45. The fraction of sp³-hybridized carbons (Fsp3) is 0.467. The highest BCUT2D eigenvalue weighted by molar-refractivity contribution is 5.89. The molecule has 0 saturated carbocycles. The summed E-state index contributed by atoms with van der Waals surface area (Å²) in [7, 11) is 0. The van der Waals surface area contributed by atoms with E-state index in [0.29, 0.717) is 5.92 Å². The van der Waals surface area contributed by atoms with E-state index in [0.717, 1.165) is 24.2 Å². The standard InChI is InChI=1S/C15H22N6O/c1-11(2)4-5-12(3)17-15(22)18-13-6-8-14(9-7-13)21-10-16-19-20-21/h6-12H,4-5H2,1-3H3,(H2,17,18,22). The Hall–Kier alpha value is -2.44. The molecule has 22 heavy (non-hydrogen) atoms. The van der Waals surface area contributed by atoms with Gasteiger partial charge in [-0.25, -0.2) is 9.48 Å². The molecule has 1 aromatic carbocycles. The van der Waals surface area contributed by atoms with Gasteiger partial charge >= 0.3 is 6.03 Å². The molecule has 1 aromatic heterocycles. The summed E-state index contributed by atoms with van der Waals surface area (Å²) in [6.07, 6.45) is 3.59. The van der Waals surface area contributed by atoms with Crippen LogP contribution in [0.15, 0.2) is 30.6 Å². The Morgan fingerprint density at radius 3 is 2.50 bits per heavy atom. The van der Waals surface area contributed by atoms with Crippen molar-refractivity contribution in [1.82, 2.24) is 25.5 Å². The van der Waals surface area contributed by atoms with E-state index in [-0.39, 0.29) is 12.1 Å². The van der Waals surface area contributed by atoms with E-state index in [1.807, 2.05) is 31.2 Å². The normalized spacial score (nSPS) is 12.2. The number of nitrogens with zero attached hydrogens (tertiary/aromatic N) is 4. The Kier molecular flexibility index (Phi) is 5.46. The molecule has 1 unspecified atom stereocenters. The summed E-state index contributed by atoms with van der Waals surface area (Å²) in [4.78, 5) is 11.9. The highest BCUT2D eigenvalue weighted by Crippen LogP contribution is 2.12. The minimum absolute atomic E-state index is 0.155.